The summed E-state index contributed by atoms with van der Waals surface area (Å²) in [6.45, 7) is 1.02. The number of benzene rings is 1. The zero-order valence-electron chi connectivity index (χ0n) is 15.7. The van der Waals surface area contributed by atoms with E-state index in [1.54, 1.807) is 12.1 Å². The Balaban J connectivity index is 1.41. The summed E-state index contributed by atoms with van der Waals surface area (Å²) >= 11 is 5.83. The van der Waals surface area contributed by atoms with E-state index in [2.05, 4.69) is 5.32 Å². The lowest BCUT2D eigenvalue weighted by Crippen LogP contribution is -2.50. The molecule has 0 atom stereocenters. The number of aromatic nitrogens is 1. The summed E-state index contributed by atoms with van der Waals surface area (Å²) in [5, 5.41) is 25.9. The van der Waals surface area contributed by atoms with Crippen LogP contribution in [0.4, 0.5) is 15.9 Å². The highest BCUT2D eigenvalue weighted by Crippen LogP contribution is 2.35. The average Bonchev–Trinajstić information content (AvgIpc) is 2.69. The number of carbonyl (C=O) groups excluding carboxylic acids is 1. The molecule has 1 amide bonds. The molecular weight excluding hydrogens is 401 g/mol. The second-order valence-electron chi connectivity index (χ2n) is 7.48. The van der Waals surface area contributed by atoms with Crippen molar-refractivity contribution in [3.05, 3.63) is 52.1 Å². The number of amides is 1. The molecule has 0 bridgehead atoms. The molecule has 2 aromatic rings. The third kappa shape index (κ3) is 4.09. The van der Waals surface area contributed by atoms with Crippen LogP contribution in [0, 0.1) is 11.0 Å². The monoisotopic (exact) mass is 421 g/mol. The summed E-state index contributed by atoms with van der Waals surface area (Å²) in [6.07, 6.45) is 2.78. The Morgan fingerprint density at radius 3 is 2.76 bits per heavy atom. The summed E-state index contributed by atoms with van der Waals surface area (Å²) in [4.78, 5) is 13.4. The van der Waals surface area contributed by atoms with Crippen molar-refractivity contribution in [2.24, 2.45) is 0 Å². The van der Waals surface area contributed by atoms with Crippen molar-refractivity contribution in [1.29, 1.82) is 0 Å². The van der Waals surface area contributed by atoms with E-state index < -0.39 is 11.4 Å². The summed E-state index contributed by atoms with van der Waals surface area (Å²) in [5.74, 6) is 0.228. The second-order valence-corrected chi connectivity index (χ2v) is 7.92. The maximum absolute atomic E-state index is 14.0. The molecule has 2 aliphatic rings. The molecule has 3 heterocycles. The number of carbonyl (C=O) groups is 1. The Morgan fingerprint density at radius 1 is 1.28 bits per heavy atom. The second kappa shape index (κ2) is 7.68. The van der Waals surface area contributed by atoms with Gasteiger partial charge in [-0.2, -0.15) is 0 Å². The molecule has 0 spiro atoms. The lowest BCUT2D eigenvalue weighted by Gasteiger charge is -2.35. The SMILES string of the molecule is O=C1CCc2c(OCC3(O)CCN(c4ccc(Cl)c[n+]4[O-])CC3)ccc(F)c2N1. The van der Waals surface area contributed by atoms with Crippen LogP contribution in [0.2, 0.25) is 5.02 Å². The van der Waals surface area contributed by atoms with Gasteiger partial charge in [0.1, 0.15) is 30.0 Å². The number of hydrogen-bond acceptors (Lipinski definition) is 5. The maximum atomic E-state index is 14.0. The Morgan fingerprint density at radius 2 is 2.03 bits per heavy atom. The summed E-state index contributed by atoms with van der Waals surface area (Å²) in [7, 11) is 0. The molecule has 0 saturated carbocycles. The fourth-order valence-corrected chi connectivity index (χ4v) is 3.91. The Kier molecular flexibility index (Phi) is 5.23. The van der Waals surface area contributed by atoms with Crippen LogP contribution >= 0.6 is 11.6 Å². The molecule has 1 saturated heterocycles. The zero-order valence-corrected chi connectivity index (χ0v) is 16.4. The minimum atomic E-state index is -1.06. The highest BCUT2D eigenvalue weighted by Gasteiger charge is 2.37. The van der Waals surface area contributed by atoms with Gasteiger partial charge < -0.3 is 20.4 Å². The van der Waals surface area contributed by atoms with Gasteiger partial charge in [-0.25, -0.2) is 9.12 Å². The van der Waals surface area contributed by atoms with Gasteiger partial charge in [0, 0.05) is 30.9 Å². The van der Waals surface area contributed by atoms with Crippen molar-refractivity contribution in [2.75, 3.05) is 29.9 Å². The Labute approximate surface area is 172 Å². The van der Waals surface area contributed by atoms with Gasteiger partial charge in [-0.1, -0.05) is 11.6 Å². The van der Waals surface area contributed by atoms with Gasteiger partial charge in [0.25, 0.3) is 5.82 Å². The highest BCUT2D eigenvalue weighted by molar-refractivity contribution is 6.30. The first-order valence-electron chi connectivity index (χ1n) is 9.45. The standard InChI is InChI=1S/C20H21ClFN3O4/c21-13-1-6-18(25(28)11-13)24-9-7-20(27,8-10-24)12-29-16-4-3-15(22)19-14(16)2-5-17(26)23-19/h1,3-4,6,11,27H,2,5,7-10,12H2,(H,23,26). The van der Waals surface area contributed by atoms with Crippen LogP contribution in [-0.4, -0.2) is 36.3 Å². The van der Waals surface area contributed by atoms with Crippen LogP contribution in [0.15, 0.2) is 30.5 Å². The summed E-state index contributed by atoms with van der Waals surface area (Å²) in [6, 6.07) is 6.10. The molecule has 1 aromatic heterocycles. The van der Waals surface area contributed by atoms with Crippen molar-refractivity contribution in [1.82, 2.24) is 0 Å². The van der Waals surface area contributed by atoms with Crippen LogP contribution < -0.4 is 19.7 Å². The largest absolute Gasteiger partial charge is 0.711 e. The number of halogens is 2. The number of fused-ring (bicyclic) bond motifs is 1. The smallest absolute Gasteiger partial charge is 0.279 e. The molecule has 0 unspecified atom stereocenters. The van der Waals surface area contributed by atoms with Crippen LogP contribution in [0.3, 0.4) is 0 Å². The minimum Gasteiger partial charge on any atom is -0.711 e. The lowest BCUT2D eigenvalue weighted by atomic mass is 9.92. The number of piperidine rings is 1. The fraction of sp³-hybridized carbons (Fsp3) is 0.400. The van der Waals surface area contributed by atoms with Gasteiger partial charge >= 0.3 is 0 Å². The van der Waals surface area contributed by atoms with Crippen LogP contribution in [-0.2, 0) is 11.2 Å². The van der Waals surface area contributed by atoms with Crippen LogP contribution in [0.25, 0.3) is 0 Å². The lowest BCUT2D eigenvalue weighted by molar-refractivity contribution is -0.592. The molecule has 0 radical (unpaired) electrons. The molecule has 2 aliphatic heterocycles. The minimum absolute atomic E-state index is 0.0465. The molecule has 7 nitrogen and oxygen atoms in total. The number of nitrogens with zero attached hydrogens (tertiary/aromatic N) is 2. The molecule has 1 aromatic carbocycles. The van der Waals surface area contributed by atoms with E-state index in [4.69, 9.17) is 16.3 Å². The van der Waals surface area contributed by atoms with Crippen molar-refractivity contribution in [3.63, 3.8) is 0 Å². The molecule has 2 N–H and O–H groups in total. The van der Waals surface area contributed by atoms with Gasteiger partial charge in [0.15, 0.2) is 0 Å². The summed E-state index contributed by atoms with van der Waals surface area (Å²) in [5.41, 5.74) is -0.293. The number of anilines is 2. The predicted molar refractivity (Wildman–Crippen MR) is 106 cm³/mol. The zero-order chi connectivity index (χ0) is 20.6. The third-order valence-electron chi connectivity index (χ3n) is 5.46. The number of pyridine rings is 1. The van der Waals surface area contributed by atoms with E-state index >= 15 is 0 Å². The van der Waals surface area contributed by atoms with E-state index in [9.17, 15) is 19.5 Å². The predicted octanol–water partition coefficient (Wildman–Crippen LogP) is 2.41. The van der Waals surface area contributed by atoms with Gasteiger partial charge in [-0.3, -0.25) is 9.69 Å². The Bertz CT molecular complexity index is 948. The van der Waals surface area contributed by atoms with E-state index in [1.807, 2.05) is 4.90 Å². The van der Waals surface area contributed by atoms with Crippen molar-refractivity contribution in [2.45, 2.75) is 31.3 Å². The first-order chi connectivity index (χ1) is 13.8. The molecular formula is C20H21ClFN3O4. The molecule has 0 aliphatic carbocycles. The summed E-state index contributed by atoms with van der Waals surface area (Å²) < 4.78 is 20.6. The number of hydrogen-bond donors (Lipinski definition) is 2. The normalized spacial score (nSPS) is 18.2. The van der Waals surface area contributed by atoms with E-state index in [1.165, 1.54) is 18.3 Å². The van der Waals surface area contributed by atoms with Crippen LogP contribution in [0.5, 0.6) is 5.75 Å². The third-order valence-corrected chi connectivity index (χ3v) is 5.68. The quantitative estimate of drug-likeness (QED) is 0.584. The first kappa shape index (κ1) is 19.7. The van der Waals surface area contributed by atoms with Gasteiger partial charge in [0.2, 0.25) is 5.91 Å². The van der Waals surface area contributed by atoms with Crippen LogP contribution in [0.1, 0.15) is 24.8 Å². The van der Waals surface area contributed by atoms with Crippen molar-refractivity contribution >= 4 is 29.0 Å². The molecule has 1 fully saturated rings. The van der Waals surface area contributed by atoms with Crippen molar-refractivity contribution < 1.29 is 23.8 Å². The molecule has 29 heavy (non-hydrogen) atoms. The number of aliphatic hydroxyl groups is 1. The average molecular weight is 422 g/mol. The topological polar surface area (TPSA) is 88.7 Å². The highest BCUT2D eigenvalue weighted by atomic mass is 35.5. The number of nitrogens with one attached hydrogen (secondary N) is 1. The van der Waals surface area contributed by atoms with E-state index in [0.717, 1.165) is 4.73 Å². The van der Waals surface area contributed by atoms with Gasteiger partial charge in [0.05, 0.1) is 23.8 Å². The van der Waals surface area contributed by atoms with Gasteiger partial charge in [-0.05, 0) is 24.6 Å². The number of ether oxygens (including phenoxy) is 1. The molecule has 9 heteroatoms. The maximum Gasteiger partial charge on any atom is 0.279 e. The number of rotatable bonds is 4. The first-order valence-corrected chi connectivity index (χ1v) is 9.82. The van der Waals surface area contributed by atoms with E-state index in [-0.39, 0.29) is 24.6 Å². The Hall–Kier alpha value is -2.58. The fourth-order valence-electron chi connectivity index (χ4n) is 3.76. The molecule has 154 valence electrons. The molecule has 4 rings (SSSR count). The van der Waals surface area contributed by atoms with Crippen molar-refractivity contribution in [3.8, 4) is 5.75 Å². The van der Waals surface area contributed by atoms with Gasteiger partial charge in [-0.15, -0.1) is 0 Å². The van der Waals surface area contributed by atoms with E-state index in [0.29, 0.717) is 54.5 Å².